The number of hydrogen-bond donors (Lipinski definition) is 0. The van der Waals surface area contributed by atoms with E-state index in [-0.39, 0.29) is 0 Å². The van der Waals surface area contributed by atoms with Crippen molar-refractivity contribution >= 4 is 23.5 Å². The zero-order chi connectivity index (χ0) is 17.2. The quantitative estimate of drug-likeness (QED) is 0.781. The molecule has 0 atom stereocenters. The van der Waals surface area contributed by atoms with Crippen LogP contribution in [0.25, 0.3) is 0 Å². The minimum Gasteiger partial charge on any atom is -0.311 e. The smallest absolute Gasteiger partial charge is 0.147 e. The Kier molecular flexibility index (Phi) is 5.94. The lowest BCUT2D eigenvalue weighted by Crippen LogP contribution is -2.43. The lowest BCUT2D eigenvalue weighted by atomic mass is 9.95. The second kappa shape index (κ2) is 8.19. The summed E-state index contributed by atoms with van der Waals surface area (Å²) in [5.74, 6) is 8.36. The summed E-state index contributed by atoms with van der Waals surface area (Å²) in [4.78, 5) is 4.96. The molecular formula is C18H31N5S2. The van der Waals surface area contributed by atoms with Crippen LogP contribution < -0.4 is 0 Å². The highest BCUT2D eigenvalue weighted by molar-refractivity contribution is 8.03. The van der Waals surface area contributed by atoms with Gasteiger partial charge in [-0.15, -0.1) is 10.2 Å². The fourth-order valence-corrected chi connectivity index (χ4v) is 6.70. The van der Waals surface area contributed by atoms with Gasteiger partial charge in [-0.05, 0) is 52.9 Å². The third-order valence-corrected chi connectivity index (χ3v) is 8.05. The van der Waals surface area contributed by atoms with E-state index in [1.165, 1.54) is 73.4 Å². The molecule has 0 aromatic carbocycles. The Labute approximate surface area is 160 Å². The van der Waals surface area contributed by atoms with Crippen molar-refractivity contribution in [3.05, 3.63) is 11.6 Å². The van der Waals surface area contributed by atoms with Crippen LogP contribution in [0.3, 0.4) is 0 Å². The van der Waals surface area contributed by atoms with E-state index in [0.717, 1.165) is 12.6 Å². The molecule has 1 aromatic heterocycles. The molecule has 0 N–H and O–H groups in total. The lowest BCUT2D eigenvalue weighted by Gasteiger charge is -2.36. The summed E-state index contributed by atoms with van der Waals surface area (Å²) >= 11 is 4.29. The highest BCUT2D eigenvalue weighted by Crippen LogP contribution is 2.40. The monoisotopic (exact) mass is 381 g/mol. The number of thioether (sulfide) groups is 2. The summed E-state index contributed by atoms with van der Waals surface area (Å²) in [6, 6.07) is 1.46. The first-order valence-corrected chi connectivity index (χ1v) is 12.0. The van der Waals surface area contributed by atoms with E-state index in [4.69, 9.17) is 0 Å². The van der Waals surface area contributed by atoms with Crippen LogP contribution in [0.4, 0.5) is 0 Å². The molecule has 3 fully saturated rings. The fraction of sp³-hybridized carbons (Fsp3) is 0.889. The molecule has 25 heavy (non-hydrogen) atoms. The topological polar surface area (TPSA) is 37.2 Å². The maximum atomic E-state index is 4.67. The van der Waals surface area contributed by atoms with Gasteiger partial charge in [0.2, 0.25) is 0 Å². The van der Waals surface area contributed by atoms with E-state index in [9.17, 15) is 0 Å². The fourth-order valence-electron chi connectivity index (χ4n) is 4.08. The maximum absolute atomic E-state index is 4.67. The largest absolute Gasteiger partial charge is 0.311 e. The van der Waals surface area contributed by atoms with Crippen LogP contribution in [0, 0.1) is 0 Å². The molecule has 1 aromatic rings. The Hall–Kier alpha value is -0.240. The number of hydrogen-bond acceptors (Lipinski definition) is 6. The third-order valence-electron chi connectivity index (χ3n) is 5.57. The highest BCUT2D eigenvalue weighted by Gasteiger charge is 2.34. The predicted molar refractivity (Wildman–Crippen MR) is 108 cm³/mol. The van der Waals surface area contributed by atoms with Gasteiger partial charge < -0.3 is 9.47 Å². The normalized spacial score (nSPS) is 24.8. The van der Waals surface area contributed by atoms with Gasteiger partial charge in [0.05, 0.1) is 6.54 Å². The molecule has 0 radical (unpaired) electrons. The summed E-state index contributed by atoms with van der Waals surface area (Å²) in [5.41, 5.74) is 0. The van der Waals surface area contributed by atoms with E-state index in [1.54, 1.807) is 0 Å². The van der Waals surface area contributed by atoms with Gasteiger partial charge in [-0.25, -0.2) is 0 Å². The molecule has 0 amide bonds. The number of nitrogens with zero attached hydrogens (tertiary/aromatic N) is 5. The molecule has 1 aliphatic carbocycles. The first kappa shape index (κ1) is 18.1. The van der Waals surface area contributed by atoms with Crippen LogP contribution in [0.2, 0.25) is 0 Å². The van der Waals surface area contributed by atoms with Crippen LogP contribution >= 0.6 is 23.5 Å². The van der Waals surface area contributed by atoms with Crippen LogP contribution in [-0.2, 0) is 6.54 Å². The molecule has 0 bridgehead atoms. The molecule has 0 unspecified atom stereocenters. The molecule has 3 aliphatic rings. The average molecular weight is 382 g/mol. The highest BCUT2D eigenvalue weighted by atomic mass is 32.2. The van der Waals surface area contributed by atoms with Crippen molar-refractivity contribution in [1.29, 1.82) is 0 Å². The maximum Gasteiger partial charge on any atom is 0.147 e. The standard InChI is InChI=1S/C18H31N5S2/c1-21(2)11-17-19-20-18(23(17)15-3-4-15)14-5-7-22(8-6-14)16-12-24-9-10-25-13-16/h14-16H,3-13H2,1-2H3. The van der Waals surface area contributed by atoms with Gasteiger partial charge in [0.25, 0.3) is 0 Å². The Morgan fingerprint density at radius 1 is 0.960 bits per heavy atom. The summed E-state index contributed by atoms with van der Waals surface area (Å²) in [6.07, 6.45) is 5.11. The predicted octanol–water partition coefficient (Wildman–Crippen LogP) is 2.70. The van der Waals surface area contributed by atoms with Crippen molar-refractivity contribution in [3.8, 4) is 0 Å². The molecule has 2 aliphatic heterocycles. The lowest BCUT2D eigenvalue weighted by molar-refractivity contribution is 0.173. The molecule has 1 saturated carbocycles. The van der Waals surface area contributed by atoms with Crippen molar-refractivity contribution in [3.63, 3.8) is 0 Å². The van der Waals surface area contributed by atoms with Crippen molar-refractivity contribution in [2.45, 2.75) is 50.2 Å². The van der Waals surface area contributed by atoms with E-state index >= 15 is 0 Å². The molecule has 5 nitrogen and oxygen atoms in total. The van der Waals surface area contributed by atoms with Crippen molar-refractivity contribution in [2.24, 2.45) is 0 Å². The molecule has 140 valence electrons. The zero-order valence-electron chi connectivity index (χ0n) is 15.6. The van der Waals surface area contributed by atoms with E-state index in [2.05, 4.69) is 62.2 Å². The first-order valence-electron chi connectivity index (χ1n) is 9.70. The average Bonchev–Trinajstić information content (AvgIpc) is 3.41. The summed E-state index contributed by atoms with van der Waals surface area (Å²) < 4.78 is 2.50. The van der Waals surface area contributed by atoms with Crippen LogP contribution in [0.1, 0.15) is 49.3 Å². The van der Waals surface area contributed by atoms with Crippen molar-refractivity contribution in [2.75, 3.05) is 50.2 Å². The van der Waals surface area contributed by atoms with Gasteiger partial charge in [-0.2, -0.15) is 23.5 Å². The molecular weight excluding hydrogens is 350 g/mol. The third kappa shape index (κ3) is 4.37. The Morgan fingerprint density at radius 3 is 2.24 bits per heavy atom. The number of piperidine rings is 1. The summed E-state index contributed by atoms with van der Waals surface area (Å²) in [7, 11) is 4.24. The molecule has 4 rings (SSSR count). The van der Waals surface area contributed by atoms with Gasteiger partial charge >= 0.3 is 0 Å². The number of rotatable bonds is 5. The van der Waals surface area contributed by atoms with E-state index in [0.29, 0.717) is 12.0 Å². The first-order chi connectivity index (χ1) is 12.2. The Bertz CT molecular complexity index is 556. The second-order valence-electron chi connectivity index (χ2n) is 7.93. The van der Waals surface area contributed by atoms with Gasteiger partial charge in [0, 0.05) is 41.0 Å². The van der Waals surface area contributed by atoms with E-state index < -0.39 is 0 Å². The van der Waals surface area contributed by atoms with Crippen molar-refractivity contribution < 1.29 is 0 Å². The molecule has 0 spiro atoms. The van der Waals surface area contributed by atoms with Crippen LogP contribution in [-0.4, -0.2) is 80.8 Å². The minimum atomic E-state index is 0.603. The van der Waals surface area contributed by atoms with Gasteiger partial charge in [0.1, 0.15) is 11.6 Å². The Morgan fingerprint density at radius 2 is 1.64 bits per heavy atom. The molecule has 2 saturated heterocycles. The zero-order valence-corrected chi connectivity index (χ0v) is 17.2. The molecule has 3 heterocycles. The van der Waals surface area contributed by atoms with Crippen LogP contribution in [0.5, 0.6) is 0 Å². The van der Waals surface area contributed by atoms with E-state index in [1.807, 2.05) is 0 Å². The molecule has 7 heteroatoms. The minimum absolute atomic E-state index is 0.603. The van der Waals surface area contributed by atoms with Gasteiger partial charge in [-0.1, -0.05) is 0 Å². The van der Waals surface area contributed by atoms with Crippen LogP contribution in [0.15, 0.2) is 0 Å². The summed E-state index contributed by atoms with van der Waals surface area (Å²) in [5, 5.41) is 9.23. The second-order valence-corrected chi connectivity index (χ2v) is 10.2. The SMILES string of the molecule is CN(C)Cc1nnc(C2CCN(C3CSCCSC3)CC2)n1C1CC1. The van der Waals surface area contributed by atoms with Crippen molar-refractivity contribution in [1.82, 2.24) is 24.6 Å². The van der Waals surface area contributed by atoms with Gasteiger partial charge in [-0.3, -0.25) is 4.90 Å². The Balaban J connectivity index is 1.41. The number of aromatic nitrogens is 3. The summed E-state index contributed by atoms with van der Waals surface area (Å²) in [6.45, 7) is 3.37. The number of likely N-dealkylation sites (tertiary alicyclic amines) is 1. The van der Waals surface area contributed by atoms with Gasteiger partial charge in [0.15, 0.2) is 0 Å².